The molecule has 33 heavy (non-hydrogen) atoms. The van der Waals surface area contributed by atoms with Crippen LogP contribution in [0.15, 0.2) is 59.9 Å². The second-order valence-corrected chi connectivity index (χ2v) is 9.91. The molecule has 0 aromatic heterocycles. The summed E-state index contributed by atoms with van der Waals surface area (Å²) in [6, 6.07) is -0.673. The van der Waals surface area contributed by atoms with E-state index in [0.29, 0.717) is 6.42 Å². The minimum Gasteiger partial charge on any atom is -0.380 e. The summed E-state index contributed by atoms with van der Waals surface area (Å²) in [6.07, 6.45) is 13.2. The summed E-state index contributed by atoms with van der Waals surface area (Å²) >= 11 is 1.77. The van der Waals surface area contributed by atoms with Gasteiger partial charge >= 0.3 is 0 Å². The van der Waals surface area contributed by atoms with Crippen LogP contribution in [-0.4, -0.2) is 35.4 Å². The zero-order valence-electron chi connectivity index (χ0n) is 21.3. The largest absolute Gasteiger partial charge is 0.380 e. The van der Waals surface area contributed by atoms with Gasteiger partial charge in [0.2, 0.25) is 11.8 Å². The maximum atomic E-state index is 12.6. The Bertz CT molecular complexity index is 734. The van der Waals surface area contributed by atoms with Gasteiger partial charge in [0.25, 0.3) is 0 Å². The van der Waals surface area contributed by atoms with E-state index in [0.717, 1.165) is 42.8 Å². The zero-order chi connectivity index (χ0) is 25.2. The third-order valence-electron chi connectivity index (χ3n) is 5.18. The molecular formula is C27H45N3O2S. The summed E-state index contributed by atoms with van der Waals surface area (Å²) in [6.45, 7) is 18.2. The molecule has 2 unspecified atom stereocenters. The van der Waals surface area contributed by atoms with E-state index in [4.69, 9.17) is 5.73 Å². The van der Waals surface area contributed by atoms with Gasteiger partial charge < -0.3 is 16.4 Å². The molecule has 0 saturated carbocycles. The fraction of sp³-hybridized carbons (Fsp3) is 0.556. The molecule has 0 aliphatic rings. The van der Waals surface area contributed by atoms with Crippen LogP contribution in [0.2, 0.25) is 0 Å². The molecule has 0 radical (unpaired) electrons. The maximum Gasteiger partial charge on any atom is 0.242 e. The SMILES string of the molecule is C=CNC(CCC(N)=O)C(=O)NC(CSC/C=C(\C)CC/C=C(\C)CCC=C(C)C)C(=C)C. The Morgan fingerprint density at radius 1 is 0.939 bits per heavy atom. The van der Waals surface area contributed by atoms with Crippen LogP contribution in [0.1, 0.15) is 73.1 Å². The van der Waals surface area contributed by atoms with E-state index >= 15 is 0 Å². The molecule has 0 bridgehead atoms. The van der Waals surface area contributed by atoms with Crippen molar-refractivity contribution in [3.8, 4) is 0 Å². The van der Waals surface area contributed by atoms with E-state index in [1.54, 1.807) is 11.8 Å². The minimum atomic E-state index is -0.539. The molecule has 5 nitrogen and oxygen atoms in total. The van der Waals surface area contributed by atoms with Crippen LogP contribution in [0, 0.1) is 0 Å². The molecule has 0 spiro atoms. The quantitative estimate of drug-likeness (QED) is 0.179. The summed E-state index contributed by atoms with van der Waals surface area (Å²) < 4.78 is 0. The van der Waals surface area contributed by atoms with Crippen molar-refractivity contribution in [3.63, 3.8) is 0 Å². The van der Waals surface area contributed by atoms with E-state index in [1.807, 2.05) is 6.92 Å². The van der Waals surface area contributed by atoms with Crippen LogP contribution in [0.5, 0.6) is 0 Å². The number of carbonyl (C=O) groups is 2. The maximum absolute atomic E-state index is 12.6. The first-order valence-electron chi connectivity index (χ1n) is 11.7. The van der Waals surface area contributed by atoms with Gasteiger partial charge in [-0.05, 0) is 72.9 Å². The van der Waals surface area contributed by atoms with E-state index in [2.05, 4.69) is 69.7 Å². The van der Waals surface area contributed by atoms with Crippen LogP contribution in [0.3, 0.4) is 0 Å². The van der Waals surface area contributed by atoms with Gasteiger partial charge in [-0.15, -0.1) is 0 Å². The molecule has 2 amide bonds. The number of primary amides is 1. The molecular weight excluding hydrogens is 430 g/mol. The Morgan fingerprint density at radius 2 is 1.55 bits per heavy atom. The van der Waals surface area contributed by atoms with E-state index in [9.17, 15) is 9.59 Å². The Kier molecular flexibility index (Phi) is 17.0. The van der Waals surface area contributed by atoms with Crippen LogP contribution in [0.25, 0.3) is 0 Å². The number of carbonyl (C=O) groups excluding carboxylic acids is 2. The Hall–Kier alpha value is -2.21. The van der Waals surface area contributed by atoms with E-state index in [1.165, 1.54) is 22.9 Å². The summed E-state index contributed by atoms with van der Waals surface area (Å²) in [5.41, 5.74) is 10.3. The van der Waals surface area contributed by atoms with Crippen molar-refractivity contribution in [2.75, 3.05) is 11.5 Å². The first-order chi connectivity index (χ1) is 15.6. The van der Waals surface area contributed by atoms with Gasteiger partial charge in [-0.2, -0.15) is 11.8 Å². The van der Waals surface area contributed by atoms with Crippen molar-refractivity contribution < 1.29 is 9.59 Å². The highest BCUT2D eigenvalue weighted by Crippen LogP contribution is 2.14. The first-order valence-corrected chi connectivity index (χ1v) is 12.9. The van der Waals surface area contributed by atoms with E-state index < -0.39 is 11.9 Å². The highest BCUT2D eigenvalue weighted by molar-refractivity contribution is 7.99. The predicted molar refractivity (Wildman–Crippen MR) is 145 cm³/mol. The number of rotatable bonds is 18. The summed E-state index contributed by atoms with van der Waals surface area (Å²) in [4.78, 5) is 23.7. The molecule has 6 heteroatoms. The smallest absolute Gasteiger partial charge is 0.242 e. The third kappa shape index (κ3) is 17.0. The van der Waals surface area contributed by atoms with Gasteiger partial charge in [-0.3, -0.25) is 9.59 Å². The molecule has 0 fully saturated rings. The highest BCUT2D eigenvalue weighted by atomic mass is 32.2. The standard InChI is InChI=1S/C27H45N3O2S/c1-8-29-24(15-16-26(28)31)27(32)30-25(21(4)5)19-33-18-17-23(7)14-10-13-22(6)12-9-11-20(2)3/h8,11,13,17,24-25,29H,1,4,9-10,12,14-16,18-19H2,2-3,5-7H3,(H2,28,31)(H,30,32)/b22-13+,23-17+. The lowest BCUT2D eigenvalue weighted by molar-refractivity contribution is -0.123. The molecule has 0 aromatic rings. The van der Waals surface area contributed by atoms with Crippen LogP contribution < -0.4 is 16.4 Å². The summed E-state index contributed by atoms with van der Waals surface area (Å²) in [5, 5.41) is 5.93. The summed E-state index contributed by atoms with van der Waals surface area (Å²) in [7, 11) is 0. The lowest BCUT2D eigenvalue weighted by Gasteiger charge is -2.23. The number of hydrogen-bond donors (Lipinski definition) is 3. The number of thioether (sulfide) groups is 1. The Labute approximate surface area is 206 Å². The average Bonchev–Trinajstić information content (AvgIpc) is 2.72. The van der Waals surface area contributed by atoms with Crippen LogP contribution in [0.4, 0.5) is 0 Å². The Balaban J connectivity index is 4.50. The summed E-state index contributed by atoms with van der Waals surface area (Å²) in [5.74, 6) is 1.03. The second kappa shape index (κ2) is 18.2. The van der Waals surface area contributed by atoms with Crippen molar-refractivity contribution in [3.05, 3.63) is 59.9 Å². The average molecular weight is 476 g/mol. The normalized spacial score (nSPS) is 13.6. The molecule has 0 aromatic carbocycles. The fourth-order valence-electron chi connectivity index (χ4n) is 3.02. The highest BCUT2D eigenvalue weighted by Gasteiger charge is 2.21. The molecule has 2 atom stereocenters. The van der Waals surface area contributed by atoms with Gasteiger partial charge in [0.1, 0.15) is 6.04 Å². The number of allylic oxidation sites excluding steroid dienone is 5. The third-order valence-corrected chi connectivity index (χ3v) is 6.15. The topological polar surface area (TPSA) is 84.2 Å². The molecule has 0 aliphatic heterocycles. The molecule has 0 heterocycles. The van der Waals surface area contributed by atoms with Gasteiger partial charge in [0.15, 0.2) is 0 Å². The van der Waals surface area contributed by atoms with Gasteiger partial charge in [0, 0.05) is 17.9 Å². The van der Waals surface area contributed by atoms with Gasteiger partial charge in [0.05, 0.1) is 6.04 Å². The van der Waals surface area contributed by atoms with Gasteiger partial charge in [-0.25, -0.2) is 0 Å². The first kappa shape index (κ1) is 30.8. The van der Waals surface area contributed by atoms with Crippen LogP contribution >= 0.6 is 11.8 Å². The predicted octanol–water partition coefficient (Wildman–Crippen LogP) is 5.57. The molecule has 4 N–H and O–H groups in total. The number of hydrogen-bond acceptors (Lipinski definition) is 4. The zero-order valence-corrected chi connectivity index (χ0v) is 22.2. The number of amides is 2. The second-order valence-electron chi connectivity index (χ2n) is 8.83. The Morgan fingerprint density at radius 3 is 2.09 bits per heavy atom. The lowest BCUT2D eigenvalue weighted by atomic mass is 10.1. The number of nitrogens with one attached hydrogen (secondary N) is 2. The lowest BCUT2D eigenvalue weighted by Crippen LogP contribution is -2.47. The number of nitrogens with two attached hydrogens (primary N) is 1. The van der Waals surface area contributed by atoms with Crippen LogP contribution in [-0.2, 0) is 9.59 Å². The molecule has 186 valence electrons. The van der Waals surface area contributed by atoms with E-state index in [-0.39, 0.29) is 18.4 Å². The van der Waals surface area contributed by atoms with Crippen molar-refractivity contribution in [1.82, 2.24) is 10.6 Å². The van der Waals surface area contributed by atoms with Crippen molar-refractivity contribution in [1.29, 1.82) is 0 Å². The molecule has 0 rings (SSSR count). The monoisotopic (exact) mass is 475 g/mol. The minimum absolute atomic E-state index is 0.134. The van der Waals surface area contributed by atoms with Gasteiger partial charge in [-0.1, -0.05) is 53.7 Å². The van der Waals surface area contributed by atoms with Crippen molar-refractivity contribution in [2.45, 2.75) is 85.2 Å². The fourth-order valence-corrected chi connectivity index (χ4v) is 4.17. The molecule has 0 aliphatic carbocycles. The van der Waals surface area contributed by atoms with Crippen molar-refractivity contribution in [2.24, 2.45) is 5.73 Å². The molecule has 0 saturated heterocycles. The van der Waals surface area contributed by atoms with Crippen molar-refractivity contribution >= 4 is 23.6 Å².